The Morgan fingerprint density at radius 1 is 1.39 bits per heavy atom. The Bertz CT molecular complexity index is 371. The third-order valence-corrected chi connectivity index (χ3v) is 3.75. The standard InChI is InChI=1S/C13H25N5/c1-10(2)18-13(15-9-16-18)8-17-7-5-4-6-12(17)11(3)14/h9-12H,4-8,14H2,1-3H3. The molecule has 0 bridgehead atoms. The van der Waals surface area contributed by atoms with E-state index in [-0.39, 0.29) is 6.04 Å². The van der Waals surface area contributed by atoms with Crippen molar-refractivity contribution in [3.63, 3.8) is 0 Å². The van der Waals surface area contributed by atoms with Gasteiger partial charge in [-0.15, -0.1) is 0 Å². The maximum absolute atomic E-state index is 6.10. The van der Waals surface area contributed by atoms with Gasteiger partial charge in [-0.25, -0.2) is 9.67 Å². The van der Waals surface area contributed by atoms with Crippen LogP contribution in [0.3, 0.4) is 0 Å². The molecule has 2 heterocycles. The molecule has 1 saturated heterocycles. The van der Waals surface area contributed by atoms with Crippen molar-refractivity contribution in [1.29, 1.82) is 0 Å². The highest BCUT2D eigenvalue weighted by Crippen LogP contribution is 2.21. The molecule has 0 aromatic carbocycles. The Kier molecular flexibility index (Phi) is 4.35. The first-order chi connectivity index (χ1) is 8.59. The van der Waals surface area contributed by atoms with Gasteiger partial charge >= 0.3 is 0 Å². The lowest BCUT2D eigenvalue weighted by Gasteiger charge is -2.37. The minimum Gasteiger partial charge on any atom is -0.327 e. The van der Waals surface area contributed by atoms with E-state index in [4.69, 9.17) is 5.73 Å². The zero-order chi connectivity index (χ0) is 13.1. The van der Waals surface area contributed by atoms with Gasteiger partial charge in [0, 0.05) is 18.1 Å². The molecule has 0 saturated carbocycles. The molecule has 1 aromatic rings. The molecule has 18 heavy (non-hydrogen) atoms. The second-order valence-corrected chi connectivity index (χ2v) is 5.61. The normalized spacial score (nSPS) is 23.5. The quantitative estimate of drug-likeness (QED) is 0.882. The molecule has 5 heteroatoms. The molecule has 0 aliphatic carbocycles. The fourth-order valence-electron chi connectivity index (χ4n) is 2.81. The number of nitrogens with two attached hydrogens (primary N) is 1. The van der Waals surface area contributed by atoms with Gasteiger partial charge in [0.15, 0.2) is 0 Å². The van der Waals surface area contributed by atoms with Crippen LogP contribution in [0, 0.1) is 0 Å². The Labute approximate surface area is 109 Å². The van der Waals surface area contributed by atoms with Gasteiger partial charge in [-0.3, -0.25) is 4.90 Å². The fourth-order valence-corrected chi connectivity index (χ4v) is 2.81. The highest BCUT2D eigenvalue weighted by atomic mass is 15.4. The number of aromatic nitrogens is 3. The van der Waals surface area contributed by atoms with Gasteiger partial charge in [-0.2, -0.15) is 5.10 Å². The minimum absolute atomic E-state index is 0.223. The van der Waals surface area contributed by atoms with Crippen molar-refractivity contribution in [2.45, 2.75) is 64.7 Å². The molecule has 1 aromatic heterocycles. The lowest BCUT2D eigenvalue weighted by molar-refractivity contribution is 0.117. The van der Waals surface area contributed by atoms with Gasteiger partial charge in [0.2, 0.25) is 0 Å². The number of rotatable bonds is 4. The summed E-state index contributed by atoms with van der Waals surface area (Å²) in [6.07, 6.45) is 5.41. The second kappa shape index (κ2) is 5.80. The van der Waals surface area contributed by atoms with Crippen LogP contribution in [0.4, 0.5) is 0 Å². The fraction of sp³-hybridized carbons (Fsp3) is 0.846. The highest BCUT2D eigenvalue weighted by molar-refractivity contribution is 4.91. The summed E-state index contributed by atoms with van der Waals surface area (Å²) in [7, 11) is 0. The highest BCUT2D eigenvalue weighted by Gasteiger charge is 2.26. The number of hydrogen-bond acceptors (Lipinski definition) is 4. The summed E-state index contributed by atoms with van der Waals surface area (Å²) < 4.78 is 2.01. The molecule has 0 radical (unpaired) electrons. The van der Waals surface area contributed by atoms with Gasteiger partial charge in [0.05, 0.1) is 6.54 Å². The molecule has 2 rings (SSSR count). The molecule has 1 aliphatic heterocycles. The first kappa shape index (κ1) is 13.5. The van der Waals surface area contributed by atoms with Crippen LogP contribution in [0.2, 0.25) is 0 Å². The van der Waals surface area contributed by atoms with Crippen LogP contribution in [0.5, 0.6) is 0 Å². The predicted molar refractivity (Wildman–Crippen MR) is 72.1 cm³/mol. The van der Waals surface area contributed by atoms with E-state index in [1.54, 1.807) is 6.33 Å². The van der Waals surface area contributed by atoms with Crippen molar-refractivity contribution >= 4 is 0 Å². The lowest BCUT2D eigenvalue weighted by Crippen LogP contribution is -2.48. The van der Waals surface area contributed by atoms with Crippen LogP contribution in [-0.2, 0) is 6.54 Å². The van der Waals surface area contributed by atoms with Crippen LogP contribution in [0.1, 0.15) is 51.9 Å². The molecule has 2 N–H and O–H groups in total. The molecular formula is C13H25N5. The molecule has 5 nitrogen and oxygen atoms in total. The third-order valence-electron chi connectivity index (χ3n) is 3.75. The van der Waals surface area contributed by atoms with Gasteiger partial charge < -0.3 is 5.73 Å². The number of likely N-dealkylation sites (tertiary alicyclic amines) is 1. The molecular weight excluding hydrogens is 226 g/mol. The van der Waals surface area contributed by atoms with Crippen LogP contribution in [-0.4, -0.2) is 38.3 Å². The summed E-state index contributed by atoms with van der Waals surface area (Å²) in [6, 6.07) is 1.07. The maximum atomic E-state index is 6.10. The van der Waals surface area contributed by atoms with Crippen LogP contribution >= 0.6 is 0 Å². The van der Waals surface area contributed by atoms with Crippen LogP contribution < -0.4 is 5.73 Å². The first-order valence-corrected chi connectivity index (χ1v) is 6.97. The summed E-state index contributed by atoms with van der Waals surface area (Å²) in [6.45, 7) is 8.37. The molecule has 1 fully saturated rings. The average molecular weight is 251 g/mol. The van der Waals surface area contributed by atoms with E-state index in [1.165, 1.54) is 19.3 Å². The Balaban J connectivity index is 2.08. The number of hydrogen-bond donors (Lipinski definition) is 1. The van der Waals surface area contributed by atoms with Crippen LogP contribution in [0.15, 0.2) is 6.33 Å². The van der Waals surface area contributed by atoms with Crippen molar-refractivity contribution in [2.75, 3.05) is 6.54 Å². The average Bonchev–Trinajstić information content (AvgIpc) is 2.77. The summed E-state index contributed by atoms with van der Waals surface area (Å²) in [4.78, 5) is 6.86. The van der Waals surface area contributed by atoms with Crippen molar-refractivity contribution in [3.8, 4) is 0 Å². The van der Waals surface area contributed by atoms with Gasteiger partial charge in [0.25, 0.3) is 0 Å². The third kappa shape index (κ3) is 2.90. The molecule has 0 amide bonds. The number of nitrogens with zero attached hydrogens (tertiary/aromatic N) is 4. The molecule has 2 atom stereocenters. The van der Waals surface area contributed by atoms with E-state index in [0.29, 0.717) is 12.1 Å². The molecule has 2 unspecified atom stereocenters. The van der Waals surface area contributed by atoms with Gasteiger partial charge in [-0.1, -0.05) is 6.42 Å². The topological polar surface area (TPSA) is 60.0 Å². The zero-order valence-electron chi connectivity index (χ0n) is 11.7. The maximum Gasteiger partial charge on any atom is 0.141 e. The monoisotopic (exact) mass is 251 g/mol. The van der Waals surface area contributed by atoms with E-state index in [1.807, 2.05) is 4.68 Å². The molecule has 102 valence electrons. The Hall–Kier alpha value is -0.940. The largest absolute Gasteiger partial charge is 0.327 e. The SMILES string of the molecule is CC(N)C1CCCCN1Cc1ncnn1C(C)C. The summed E-state index contributed by atoms with van der Waals surface area (Å²) >= 11 is 0. The second-order valence-electron chi connectivity index (χ2n) is 5.61. The van der Waals surface area contributed by atoms with Crippen molar-refractivity contribution < 1.29 is 0 Å². The smallest absolute Gasteiger partial charge is 0.141 e. The van der Waals surface area contributed by atoms with E-state index >= 15 is 0 Å². The minimum atomic E-state index is 0.223. The first-order valence-electron chi connectivity index (χ1n) is 6.97. The lowest BCUT2D eigenvalue weighted by atomic mass is 9.97. The Morgan fingerprint density at radius 2 is 2.17 bits per heavy atom. The van der Waals surface area contributed by atoms with E-state index in [2.05, 4.69) is 35.8 Å². The van der Waals surface area contributed by atoms with Gasteiger partial charge in [-0.05, 0) is 40.2 Å². The summed E-state index contributed by atoms with van der Waals surface area (Å²) in [5.41, 5.74) is 6.10. The van der Waals surface area contributed by atoms with Gasteiger partial charge in [0.1, 0.15) is 12.2 Å². The summed E-state index contributed by atoms with van der Waals surface area (Å²) in [5, 5.41) is 4.30. The molecule has 1 aliphatic rings. The van der Waals surface area contributed by atoms with Crippen LogP contribution in [0.25, 0.3) is 0 Å². The number of piperidine rings is 1. The van der Waals surface area contributed by atoms with Crippen molar-refractivity contribution in [1.82, 2.24) is 19.7 Å². The molecule has 0 spiro atoms. The summed E-state index contributed by atoms with van der Waals surface area (Å²) in [5.74, 6) is 1.05. The van der Waals surface area contributed by atoms with Crippen molar-refractivity contribution in [3.05, 3.63) is 12.2 Å². The van der Waals surface area contributed by atoms with E-state index in [9.17, 15) is 0 Å². The van der Waals surface area contributed by atoms with E-state index in [0.717, 1.165) is 18.9 Å². The van der Waals surface area contributed by atoms with Crippen molar-refractivity contribution in [2.24, 2.45) is 5.73 Å². The van der Waals surface area contributed by atoms with E-state index < -0.39 is 0 Å². The zero-order valence-corrected chi connectivity index (χ0v) is 11.7. The predicted octanol–water partition coefficient (Wildman–Crippen LogP) is 1.56. The Morgan fingerprint density at radius 3 is 2.83 bits per heavy atom.